The molecule has 2 rings (SSSR count). The predicted octanol–water partition coefficient (Wildman–Crippen LogP) is 3.93. The van der Waals surface area contributed by atoms with E-state index in [1.54, 1.807) is 36.0 Å². The van der Waals surface area contributed by atoms with Crippen LogP contribution in [0.5, 0.6) is 0 Å². The van der Waals surface area contributed by atoms with E-state index in [1.165, 1.54) is 6.07 Å². The van der Waals surface area contributed by atoms with Crippen molar-refractivity contribution in [3.63, 3.8) is 0 Å². The number of rotatable bonds is 9. The van der Waals surface area contributed by atoms with E-state index in [0.717, 1.165) is 28.7 Å². The quantitative estimate of drug-likeness (QED) is 0.244. The Morgan fingerprint density at radius 1 is 1.10 bits per heavy atom. The van der Waals surface area contributed by atoms with E-state index in [1.807, 2.05) is 25.3 Å². The number of benzene rings is 2. The van der Waals surface area contributed by atoms with Gasteiger partial charge in [-0.1, -0.05) is 24.3 Å². The van der Waals surface area contributed by atoms with Crippen LogP contribution in [0.15, 0.2) is 47.5 Å². The molecule has 0 spiro atoms. The lowest BCUT2D eigenvalue weighted by Crippen LogP contribution is -2.37. The maximum Gasteiger partial charge on any atom is 0.229 e. The predicted molar refractivity (Wildman–Crippen MR) is 136 cm³/mol. The van der Waals surface area contributed by atoms with Gasteiger partial charge in [0.1, 0.15) is 5.82 Å². The Balaban J connectivity index is 0.00000450. The van der Waals surface area contributed by atoms with Gasteiger partial charge < -0.3 is 10.6 Å². The molecule has 0 saturated carbocycles. The number of hydrogen-bond donors (Lipinski definition) is 3. The van der Waals surface area contributed by atoms with Crippen LogP contribution in [0.2, 0.25) is 0 Å². The number of anilines is 1. The molecule has 0 fully saturated rings. The number of nitrogens with one attached hydrogen (secondary N) is 3. The van der Waals surface area contributed by atoms with Crippen molar-refractivity contribution in [1.29, 1.82) is 0 Å². The van der Waals surface area contributed by atoms with Crippen LogP contribution in [-0.4, -0.2) is 33.4 Å². The summed E-state index contributed by atoms with van der Waals surface area (Å²) in [6, 6.07) is 11.9. The van der Waals surface area contributed by atoms with Gasteiger partial charge in [-0.3, -0.25) is 4.72 Å². The number of nitrogens with zero attached hydrogens (tertiary/aromatic N) is 1. The largest absolute Gasteiger partial charge is 0.357 e. The maximum absolute atomic E-state index is 13.5. The fourth-order valence-electron chi connectivity index (χ4n) is 2.70. The molecule has 0 aliphatic rings. The summed E-state index contributed by atoms with van der Waals surface area (Å²) in [5, 5.41) is 6.44. The minimum atomic E-state index is -3.37. The van der Waals surface area contributed by atoms with Crippen molar-refractivity contribution in [3.05, 3.63) is 65.0 Å². The highest BCUT2D eigenvalue weighted by molar-refractivity contribution is 14.0. The minimum absolute atomic E-state index is 0. The van der Waals surface area contributed by atoms with E-state index in [9.17, 15) is 12.8 Å². The highest BCUT2D eigenvalue weighted by Gasteiger charge is 2.08. The summed E-state index contributed by atoms with van der Waals surface area (Å²) in [5.41, 5.74) is 3.23. The van der Waals surface area contributed by atoms with Crippen LogP contribution in [-0.2, 0) is 28.9 Å². The lowest BCUT2D eigenvalue weighted by Gasteiger charge is -2.14. The Kier molecular flexibility index (Phi) is 11.5. The lowest BCUT2D eigenvalue weighted by atomic mass is 10.1. The van der Waals surface area contributed by atoms with Gasteiger partial charge in [-0.2, -0.15) is 11.8 Å². The topological polar surface area (TPSA) is 82.6 Å². The summed E-state index contributed by atoms with van der Waals surface area (Å²) in [6.45, 7) is 3.45. The fourth-order valence-corrected chi connectivity index (χ4v) is 3.88. The first kappa shape index (κ1) is 26.5. The highest BCUT2D eigenvalue weighted by atomic mass is 127. The molecule has 0 amide bonds. The third-order valence-corrected chi connectivity index (χ3v) is 5.17. The summed E-state index contributed by atoms with van der Waals surface area (Å²) >= 11 is 1.64. The van der Waals surface area contributed by atoms with E-state index in [4.69, 9.17) is 0 Å². The standard InChI is InChI=1S/C20H27FN4O2S2.HI/c1-4-22-20(23-12-15-9-10-18(21)11-17(15)14-28-2)24-13-16-7-5-6-8-19(16)25-29(3,26)27;/h5-11,25H,4,12-14H2,1-3H3,(H2,22,23,24);1H. The van der Waals surface area contributed by atoms with Crippen molar-refractivity contribution < 1.29 is 12.8 Å². The van der Waals surface area contributed by atoms with E-state index < -0.39 is 10.0 Å². The molecule has 0 atom stereocenters. The molecular weight excluding hydrogens is 538 g/mol. The molecule has 166 valence electrons. The van der Waals surface area contributed by atoms with Gasteiger partial charge in [0.15, 0.2) is 5.96 Å². The number of guanidine groups is 1. The number of thioether (sulfide) groups is 1. The van der Waals surface area contributed by atoms with Crippen molar-refractivity contribution in [2.45, 2.75) is 25.8 Å². The smallest absolute Gasteiger partial charge is 0.229 e. The average molecular weight is 567 g/mol. The molecule has 30 heavy (non-hydrogen) atoms. The average Bonchev–Trinajstić information content (AvgIpc) is 2.65. The Bertz CT molecular complexity index is 956. The number of aliphatic imine (C=N–C) groups is 1. The summed E-state index contributed by atoms with van der Waals surface area (Å²) in [5.74, 6) is 1.09. The highest BCUT2D eigenvalue weighted by Crippen LogP contribution is 2.18. The molecule has 0 aliphatic heterocycles. The molecule has 0 saturated heterocycles. The van der Waals surface area contributed by atoms with Crippen molar-refractivity contribution in [1.82, 2.24) is 10.6 Å². The molecule has 0 unspecified atom stereocenters. The Hall–Kier alpha value is -1.53. The molecule has 0 bridgehead atoms. The maximum atomic E-state index is 13.5. The van der Waals surface area contributed by atoms with E-state index in [2.05, 4.69) is 20.3 Å². The van der Waals surface area contributed by atoms with Gasteiger partial charge in [0, 0.05) is 18.8 Å². The van der Waals surface area contributed by atoms with Crippen LogP contribution in [0.25, 0.3) is 0 Å². The van der Waals surface area contributed by atoms with Crippen molar-refractivity contribution >= 4 is 57.4 Å². The first-order valence-corrected chi connectivity index (χ1v) is 12.4. The second-order valence-corrected chi connectivity index (χ2v) is 9.04. The minimum Gasteiger partial charge on any atom is -0.357 e. The Labute approximate surface area is 199 Å². The van der Waals surface area contributed by atoms with Crippen LogP contribution >= 0.6 is 35.7 Å². The van der Waals surface area contributed by atoms with Gasteiger partial charge in [-0.15, -0.1) is 24.0 Å². The summed E-state index contributed by atoms with van der Waals surface area (Å²) < 4.78 is 39.2. The van der Waals surface area contributed by atoms with Gasteiger partial charge >= 0.3 is 0 Å². The van der Waals surface area contributed by atoms with Crippen LogP contribution in [0, 0.1) is 5.82 Å². The molecular formula is C20H28FIN4O2S2. The molecule has 3 N–H and O–H groups in total. The summed E-state index contributed by atoms with van der Waals surface area (Å²) in [4.78, 5) is 4.56. The molecule has 0 aromatic heterocycles. The van der Waals surface area contributed by atoms with Crippen molar-refractivity contribution in [2.75, 3.05) is 23.8 Å². The van der Waals surface area contributed by atoms with Crippen molar-refractivity contribution in [3.8, 4) is 0 Å². The molecule has 0 radical (unpaired) electrons. The number of para-hydroxylation sites is 1. The van der Waals surface area contributed by atoms with Crippen LogP contribution in [0.3, 0.4) is 0 Å². The molecule has 0 aliphatic carbocycles. The van der Waals surface area contributed by atoms with Crippen LogP contribution in [0.4, 0.5) is 10.1 Å². The Morgan fingerprint density at radius 2 is 1.83 bits per heavy atom. The lowest BCUT2D eigenvalue weighted by molar-refractivity contribution is 0.606. The Morgan fingerprint density at radius 3 is 2.50 bits per heavy atom. The fraction of sp³-hybridized carbons (Fsp3) is 0.350. The molecule has 6 nitrogen and oxygen atoms in total. The third-order valence-electron chi connectivity index (χ3n) is 3.98. The van der Waals surface area contributed by atoms with Gasteiger partial charge in [0.25, 0.3) is 0 Å². The van der Waals surface area contributed by atoms with Gasteiger partial charge in [0.2, 0.25) is 10.0 Å². The molecule has 2 aromatic carbocycles. The SMILES string of the molecule is CCNC(=NCc1ccccc1NS(C)(=O)=O)NCc1ccc(F)cc1CSC.I. The normalized spacial score (nSPS) is 11.5. The number of halogens is 2. The zero-order chi connectivity index (χ0) is 21.3. The second-order valence-electron chi connectivity index (χ2n) is 6.43. The van der Waals surface area contributed by atoms with Gasteiger partial charge in [0.05, 0.1) is 18.5 Å². The first-order valence-electron chi connectivity index (χ1n) is 9.16. The number of hydrogen-bond acceptors (Lipinski definition) is 4. The van der Waals surface area contributed by atoms with Gasteiger partial charge in [-0.25, -0.2) is 17.8 Å². The first-order chi connectivity index (χ1) is 13.8. The summed E-state index contributed by atoms with van der Waals surface area (Å²) in [6.07, 6.45) is 3.10. The van der Waals surface area contributed by atoms with E-state index >= 15 is 0 Å². The third kappa shape index (κ3) is 9.09. The monoisotopic (exact) mass is 566 g/mol. The zero-order valence-electron chi connectivity index (χ0n) is 17.2. The van der Waals surface area contributed by atoms with Crippen LogP contribution in [0.1, 0.15) is 23.6 Å². The van der Waals surface area contributed by atoms with Crippen molar-refractivity contribution in [2.24, 2.45) is 4.99 Å². The van der Waals surface area contributed by atoms with Crippen LogP contribution < -0.4 is 15.4 Å². The number of sulfonamides is 1. The molecule has 10 heteroatoms. The molecule has 2 aromatic rings. The molecule has 0 heterocycles. The van der Waals surface area contributed by atoms with E-state index in [-0.39, 0.29) is 29.8 Å². The summed E-state index contributed by atoms with van der Waals surface area (Å²) in [7, 11) is -3.37. The van der Waals surface area contributed by atoms with E-state index in [0.29, 0.717) is 31.3 Å². The van der Waals surface area contributed by atoms with Gasteiger partial charge in [-0.05, 0) is 48.1 Å². The zero-order valence-corrected chi connectivity index (χ0v) is 21.2. The second kappa shape index (κ2) is 13.0.